The molecule has 158 valence electrons. The minimum Gasteiger partial charge on any atom is -0.497 e. The molecule has 0 radical (unpaired) electrons. The first kappa shape index (κ1) is 19.3. The van der Waals surface area contributed by atoms with Gasteiger partial charge in [-0.25, -0.2) is 4.68 Å². The van der Waals surface area contributed by atoms with Gasteiger partial charge < -0.3 is 18.7 Å². The Labute approximate surface area is 178 Å². The number of fused-ring (bicyclic) bond motifs is 1. The summed E-state index contributed by atoms with van der Waals surface area (Å²) in [5.74, 6) is 2.22. The first-order valence-electron chi connectivity index (χ1n) is 10.0. The summed E-state index contributed by atoms with van der Waals surface area (Å²) in [5.41, 5.74) is 3.11. The molecule has 1 atom stereocenters. The Hall–Kier alpha value is -3.72. The fourth-order valence-corrected chi connectivity index (χ4v) is 3.58. The molecule has 1 aliphatic rings. The summed E-state index contributed by atoms with van der Waals surface area (Å²) >= 11 is 0. The highest BCUT2D eigenvalue weighted by Gasteiger charge is 2.28. The van der Waals surface area contributed by atoms with E-state index in [1.165, 1.54) is 0 Å². The van der Waals surface area contributed by atoms with Crippen LogP contribution in [0.3, 0.4) is 0 Å². The zero-order valence-electron chi connectivity index (χ0n) is 17.2. The van der Waals surface area contributed by atoms with Crippen LogP contribution in [-0.2, 0) is 17.9 Å². The van der Waals surface area contributed by atoms with Crippen LogP contribution in [0.2, 0.25) is 0 Å². The number of para-hydroxylation sites is 1. The Kier molecular flexibility index (Phi) is 5.09. The molecule has 0 amide bonds. The van der Waals surface area contributed by atoms with Crippen molar-refractivity contribution in [2.45, 2.75) is 26.2 Å². The van der Waals surface area contributed by atoms with Crippen molar-refractivity contribution in [2.75, 3.05) is 13.7 Å². The van der Waals surface area contributed by atoms with Gasteiger partial charge in [0.15, 0.2) is 5.69 Å². The highest BCUT2D eigenvalue weighted by molar-refractivity contribution is 5.65. The number of rotatable bonds is 6. The Morgan fingerprint density at radius 1 is 1.16 bits per heavy atom. The first-order valence-corrected chi connectivity index (χ1v) is 10.0. The summed E-state index contributed by atoms with van der Waals surface area (Å²) < 4.78 is 24.4. The second-order valence-electron chi connectivity index (χ2n) is 7.00. The van der Waals surface area contributed by atoms with Gasteiger partial charge in [0.05, 0.1) is 38.1 Å². The number of benzene rings is 2. The lowest BCUT2D eigenvalue weighted by atomic mass is 10.1. The van der Waals surface area contributed by atoms with Crippen molar-refractivity contribution in [3.05, 3.63) is 59.8 Å². The Balaban J connectivity index is 1.41. The quantitative estimate of drug-likeness (QED) is 0.467. The molecule has 0 bridgehead atoms. The van der Waals surface area contributed by atoms with Crippen LogP contribution < -0.4 is 9.47 Å². The molecule has 5 rings (SSSR count). The maximum absolute atomic E-state index is 6.09. The Morgan fingerprint density at radius 3 is 2.94 bits per heavy atom. The molecule has 0 fully saturated rings. The zero-order chi connectivity index (χ0) is 21.2. The van der Waals surface area contributed by atoms with Gasteiger partial charge in [0.2, 0.25) is 5.82 Å². The molecule has 0 saturated carbocycles. The molecule has 1 aliphatic heterocycles. The maximum Gasteiger partial charge on any atom is 0.280 e. The molecule has 0 N–H and O–H groups in total. The number of ether oxygens (including phenoxy) is 3. The van der Waals surface area contributed by atoms with Gasteiger partial charge in [-0.1, -0.05) is 34.6 Å². The lowest BCUT2D eigenvalue weighted by Gasteiger charge is -2.24. The van der Waals surface area contributed by atoms with E-state index in [0.29, 0.717) is 42.9 Å². The monoisotopic (exact) mass is 419 g/mol. The van der Waals surface area contributed by atoms with Crippen molar-refractivity contribution >= 4 is 0 Å². The van der Waals surface area contributed by atoms with Crippen molar-refractivity contribution in [3.8, 4) is 34.5 Å². The van der Waals surface area contributed by atoms with Crippen molar-refractivity contribution < 1.29 is 18.7 Å². The highest BCUT2D eigenvalue weighted by atomic mass is 16.5. The third kappa shape index (κ3) is 3.64. The van der Waals surface area contributed by atoms with E-state index in [1.807, 2.05) is 60.1 Å². The fraction of sp³-hybridized carbons (Fsp3) is 0.273. The topological polar surface area (TPSA) is 97.3 Å². The Morgan fingerprint density at radius 2 is 2.06 bits per heavy atom. The van der Waals surface area contributed by atoms with Gasteiger partial charge in [0, 0.05) is 0 Å². The third-order valence-electron chi connectivity index (χ3n) is 5.12. The van der Waals surface area contributed by atoms with Crippen LogP contribution in [0, 0.1) is 0 Å². The second kappa shape index (κ2) is 8.19. The SMILES string of the molecule is CCOc1ccccc1-c1noc(-c2nnn3c2CO[C@@H](c2cccc(OC)c2)C3)n1. The third-order valence-corrected chi connectivity index (χ3v) is 5.12. The number of hydrogen-bond acceptors (Lipinski definition) is 8. The zero-order valence-corrected chi connectivity index (χ0v) is 17.2. The number of hydrogen-bond donors (Lipinski definition) is 0. The second-order valence-corrected chi connectivity index (χ2v) is 7.00. The average Bonchev–Trinajstić information content (AvgIpc) is 3.46. The minimum absolute atomic E-state index is 0.145. The van der Waals surface area contributed by atoms with Crippen molar-refractivity contribution in [1.29, 1.82) is 0 Å². The maximum atomic E-state index is 6.09. The van der Waals surface area contributed by atoms with Gasteiger partial charge in [-0.3, -0.25) is 0 Å². The number of nitrogens with zero attached hydrogens (tertiary/aromatic N) is 5. The molecule has 0 aliphatic carbocycles. The van der Waals surface area contributed by atoms with E-state index in [-0.39, 0.29) is 6.10 Å². The molecule has 2 aromatic carbocycles. The summed E-state index contributed by atoms with van der Waals surface area (Å²) in [5, 5.41) is 12.7. The van der Waals surface area contributed by atoms with Crippen molar-refractivity contribution in [2.24, 2.45) is 0 Å². The molecular formula is C22H21N5O4. The number of methoxy groups -OCH3 is 1. The van der Waals surface area contributed by atoms with E-state index in [0.717, 1.165) is 22.6 Å². The van der Waals surface area contributed by atoms with Crippen LogP contribution in [0.15, 0.2) is 53.1 Å². The van der Waals surface area contributed by atoms with Crippen molar-refractivity contribution in [3.63, 3.8) is 0 Å². The van der Waals surface area contributed by atoms with Gasteiger partial charge in [0.1, 0.15) is 17.6 Å². The Bertz CT molecular complexity index is 1200. The summed E-state index contributed by atoms with van der Waals surface area (Å²) in [6.07, 6.45) is -0.145. The van der Waals surface area contributed by atoms with Crippen LogP contribution in [0.4, 0.5) is 0 Å². The smallest absolute Gasteiger partial charge is 0.280 e. The van der Waals surface area contributed by atoms with Gasteiger partial charge >= 0.3 is 0 Å². The van der Waals surface area contributed by atoms with E-state index in [2.05, 4.69) is 20.5 Å². The van der Waals surface area contributed by atoms with Crippen LogP contribution >= 0.6 is 0 Å². The predicted molar refractivity (Wildman–Crippen MR) is 110 cm³/mol. The molecule has 4 aromatic rings. The van der Waals surface area contributed by atoms with Crippen LogP contribution in [0.1, 0.15) is 24.3 Å². The molecular weight excluding hydrogens is 398 g/mol. The van der Waals surface area contributed by atoms with Crippen LogP contribution in [0.25, 0.3) is 23.0 Å². The van der Waals surface area contributed by atoms with Crippen LogP contribution in [-0.4, -0.2) is 38.9 Å². The standard InChI is InChI=1S/C22H21N5O4/c1-3-29-18-10-5-4-9-16(18)21-23-22(31-25-21)20-17-13-30-19(12-27(17)26-24-20)14-7-6-8-15(11-14)28-2/h4-11,19H,3,12-13H2,1-2H3/t19-/m1/s1. The molecule has 9 nitrogen and oxygen atoms in total. The number of aromatic nitrogens is 5. The molecule has 0 spiro atoms. The van der Waals surface area contributed by atoms with Gasteiger partial charge in [-0.2, -0.15) is 4.98 Å². The fourth-order valence-electron chi connectivity index (χ4n) is 3.58. The van der Waals surface area contributed by atoms with Crippen LogP contribution in [0.5, 0.6) is 11.5 Å². The molecule has 3 heterocycles. The van der Waals surface area contributed by atoms with Gasteiger partial charge in [-0.15, -0.1) is 5.10 Å². The largest absolute Gasteiger partial charge is 0.497 e. The van der Waals surface area contributed by atoms with E-state index in [1.54, 1.807) is 7.11 Å². The average molecular weight is 419 g/mol. The lowest BCUT2D eigenvalue weighted by Crippen LogP contribution is -2.22. The summed E-state index contributed by atoms with van der Waals surface area (Å²) in [6.45, 7) is 3.34. The molecule has 0 unspecified atom stereocenters. The molecule has 9 heteroatoms. The summed E-state index contributed by atoms with van der Waals surface area (Å²) in [7, 11) is 1.65. The first-order chi connectivity index (χ1) is 15.3. The highest BCUT2D eigenvalue weighted by Crippen LogP contribution is 2.33. The minimum atomic E-state index is -0.145. The van der Waals surface area contributed by atoms with E-state index < -0.39 is 0 Å². The summed E-state index contributed by atoms with van der Waals surface area (Å²) in [6, 6.07) is 15.4. The normalized spacial score (nSPS) is 15.5. The molecule has 2 aromatic heterocycles. The van der Waals surface area contributed by atoms with Gasteiger partial charge in [-0.05, 0) is 36.8 Å². The lowest BCUT2D eigenvalue weighted by molar-refractivity contribution is -0.00127. The predicted octanol–water partition coefficient (Wildman–Crippen LogP) is 3.67. The van der Waals surface area contributed by atoms with Crippen molar-refractivity contribution in [1.82, 2.24) is 25.1 Å². The molecule has 0 saturated heterocycles. The summed E-state index contributed by atoms with van der Waals surface area (Å²) in [4.78, 5) is 4.53. The van der Waals surface area contributed by atoms with E-state index >= 15 is 0 Å². The van der Waals surface area contributed by atoms with E-state index in [4.69, 9.17) is 18.7 Å². The van der Waals surface area contributed by atoms with E-state index in [9.17, 15) is 0 Å². The molecule has 31 heavy (non-hydrogen) atoms. The van der Waals surface area contributed by atoms with Gasteiger partial charge in [0.25, 0.3) is 5.89 Å².